The van der Waals surface area contributed by atoms with Gasteiger partial charge in [0.1, 0.15) is 6.10 Å². The van der Waals surface area contributed by atoms with Gasteiger partial charge in [-0.25, -0.2) is 0 Å². The highest BCUT2D eigenvalue weighted by Crippen LogP contribution is 2.19. The molecule has 2 fully saturated rings. The number of hydrogen-bond donors (Lipinski definition) is 2. The number of aliphatic imine (C=N–C) groups is 1. The lowest BCUT2D eigenvalue weighted by atomic mass is 10.1. The first-order valence-electron chi connectivity index (χ1n) is 10.7. The van der Waals surface area contributed by atoms with Crippen molar-refractivity contribution in [2.24, 2.45) is 4.99 Å². The molecule has 3 heterocycles. The molecule has 30 heavy (non-hydrogen) atoms. The van der Waals surface area contributed by atoms with Crippen LogP contribution < -0.4 is 5.32 Å². The van der Waals surface area contributed by atoms with Gasteiger partial charge in [0, 0.05) is 63.5 Å². The number of hydrogen-bond acceptors (Lipinski definition) is 3. The smallest absolute Gasteiger partial charge is 0.251 e. The number of fused-ring (bicyclic) bond motifs is 1. The first-order chi connectivity index (χ1) is 14.3. The Morgan fingerprint density at radius 1 is 1.23 bits per heavy atom. The van der Waals surface area contributed by atoms with Gasteiger partial charge in [0.2, 0.25) is 0 Å². The average molecular weight is 525 g/mol. The SMILES string of the molecule is CN=C(NCCCc1c[nH]c2ccccc12)N1CCN(C(=O)C2CCCO2)CC1.I. The average Bonchev–Trinajstić information content (AvgIpc) is 3.44. The highest BCUT2D eigenvalue weighted by molar-refractivity contribution is 14.0. The molecule has 2 aromatic rings. The molecule has 2 aliphatic heterocycles. The van der Waals surface area contributed by atoms with Gasteiger partial charge in [-0.2, -0.15) is 0 Å². The van der Waals surface area contributed by atoms with Crippen molar-refractivity contribution in [3.8, 4) is 0 Å². The molecule has 2 saturated heterocycles. The number of nitrogens with one attached hydrogen (secondary N) is 2. The lowest BCUT2D eigenvalue weighted by Crippen LogP contribution is -2.55. The Labute approximate surface area is 195 Å². The van der Waals surface area contributed by atoms with E-state index in [9.17, 15) is 4.79 Å². The fourth-order valence-electron chi connectivity index (χ4n) is 4.26. The van der Waals surface area contributed by atoms with E-state index in [2.05, 4.69) is 50.7 Å². The maximum absolute atomic E-state index is 12.5. The Kier molecular flexibility index (Phi) is 8.38. The van der Waals surface area contributed by atoms with E-state index in [1.165, 1.54) is 16.5 Å². The summed E-state index contributed by atoms with van der Waals surface area (Å²) < 4.78 is 5.54. The number of ether oxygens (including phenoxy) is 1. The molecule has 0 bridgehead atoms. The number of carbonyl (C=O) groups excluding carboxylic acids is 1. The van der Waals surface area contributed by atoms with Crippen molar-refractivity contribution in [3.05, 3.63) is 36.0 Å². The number of para-hydroxylation sites is 1. The van der Waals surface area contributed by atoms with Gasteiger partial charge >= 0.3 is 0 Å². The van der Waals surface area contributed by atoms with E-state index >= 15 is 0 Å². The lowest BCUT2D eigenvalue weighted by molar-refractivity contribution is -0.142. The van der Waals surface area contributed by atoms with Gasteiger partial charge < -0.3 is 24.8 Å². The van der Waals surface area contributed by atoms with E-state index in [1.54, 1.807) is 0 Å². The van der Waals surface area contributed by atoms with Crippen molar-refractivity contribution < 1.29 is 9.53 Å². The van der Waals surface area contributed by atoms with E-state index < -0.39 is 0 Å². The highest BCUT2D eigenvalue weighted by atomic mass is 127. The van der Waals surface area contributed by atoms with Crippen molar-refractivity contribution in [2.75, 3.05) is 46.4 Å². The van der Waals surface area contributed by atoms with Gasteiger partial charge in [-0.15, -0.1) is 24.0 Å². The van der Waals surface area contributed by atoms with Crippen LogP contribution >= 0.6 is 24.0 Å². The minimum atomic E-state index is -0.219. The number of nitrogens with zero attached hydrogens (tertiary/aromatic N) is 3. The lowest BCUT2D eigenvalue weighted by Gasteiger charge is -2.37. The highest BCUT2D eigenvalue weighted by Gasteiger charge is 2.30. The summed E-state index contributed by atoms with van der Waals surface area (Å²) in [6, 6.07) is 8.43. The van der Waals surface area contributed by atoms with E-state index in [4.69, 9.17) is 4.74 Å². The summed E-state index contributed by atoms with van der Waals surface area (Å²) in [6.07, 6.45) is 5.81. The fourth-order valence-corrected chi connectivity index (χ4v) is 4.26. The molecule has 1 aromatic heterocycles. The minimum absolute atomic E-state index is 0. The zero-order chi connectivity index (χ0) is 20.1. The molecule has 1 amide bonds. The predicted octanol–water partition coefficient (Wildman–Crippen LogP) is 2.62. The summed E-state index contributed by atoms with van der Waals surface area (Å²) in [5, 5.41) is 4.80. The summed E-state index contributed by atoms with van der Waals surface area (Å²) in [7, 11) is 1.83. The number of carbonyl (C=O) groups is 1. The molecule has 0 saturated carbocycles. The van der Waals surface area contributed by atoms with Gasteiger partial charge in [-0.05, 0) is 37.3 Å². The first kappa shape index (κ1) is 22.9. The Morgan fingerprint density at radius 3 is 2.73 bits per heavy atom. The van der Waals surface area contributed by atoms with E-state index in [-0.39, 0.29) is 36.0 Å². The van der Waals surface area contributed by atoms with Crippen LogP contribution in [0.1, 0.15) is 24.8 Å². The second-order valence-corrected chi connectivity index (χ2v) is 7.75. The molecular weight excluding hydrogens is 493 g/mol. The zero-order valence-corrected chi connectivity index (χ0v) is 19.9. The molecular formula is C22H32IN5O2. The molecule has 1 unspecified atom stereocenters. The molecule has 1 aromatic carbocycles. The van der Waals surface area contributed by atoms with Crippen LogP contribution in [0.3, 0.4) is 0 Å². The van der Waals surface area contributed by atoms with Gasteiger partial charge in [-0.3, -0.25) is 9.79 Å². The topological polar surface area (TPSA) is 73.0 Å². The molecule has 8 heteroatoms. The molecule has 2 aliphatic rings. The third-order valence-corrected chi connectivity index (χ3v) is 5.89. The van der Waals surface area contributed by atoms with Crippen LogP contribution in [0.4, 0.5) is 0 Å². The van der Waals surface area contributed by atoms with Crippen LogP contribution in [0.25, 0.3) is 10.9 Å². The van der Waals surface area contributed by atoms with E-state index in [0.717, 1.165) is 64.4 Å². The Bertz CT molecular complexity index is 854. The second kappa shape index (κ2) is 11.0. The number of aromatic amines is 1. The molecule has 4 rings (SSSR count). The number of halogens is 1. The largest absolute Gasteiger partial charge is 0.368 e. The third-order valence-electron chi connectivity index (χ3n) is 5.89. The van der Waals surface area contributed by atoms with Gasteiger partial charge in [0.25, 0.3) is 5.91 Å². The normalized spacial score (nSPS) is 19.8. The number of H-pyrrole nitrogens is 1. The van der Waals surface area contributed by atoms with E-state index in [1.807, 2.05) is 11.9 Å². The van der Waals surface area contributed by atoms with Crippen molar-refractivity contribution in [1.29, 1.82) is 0 Å². The van der Waals surface area contributed by atoms with Crippen LogP contribution in [0, 0.1) is 0 Å². The van der Waals surface area contributed by atoms with Crippen molar-refractivity contribution in [2.45, 2.75) is 31.8 Å². The summed E-state index contributed by atoms with van der Waals surface area (Å²) >= 11 is 0. The summed E-state index contributed by atoms with van der Waals surface area (Å²) in [6.45, 7) is 4.66. The minimum Gasteiger partial charge on any atom is -0.368 e. The number of benzene rings is 1. The molecule has 1 atom stereocenters. The number of guanidine groups is 1. The van der Waals surface area contributed by atoms with Crippen molar-refractivity contribution in [1.82, 2.24) is 20.1 Å². The summed E-state index contributed by atoms with van der Waals surface area (Å²) in [4.78, 5) is 24.5. The van der Waals surface area contributed by atoms with Crippen LogP contribution in [0.15, 0.2) is 35.5 Å². The second-order valence-electron chi connectivity index (χ2n) is 7.75. The Balaban J connectivity index is 0.00000256. The number of aryl methyl sites for hydroxylation is 1. The quantitative estimate of drug-likeness (QED) is 0.273. The third kappa shape index (κ3) is 5.26. The van der Waals surface area contributed by atoms with Crippen LogP contribution in [-0.2, 0) is 16.0 Å². The van der Waals surface area contributed by atoms with Gasteiger partial charge in [-0.1, -0.05) is 18.2 Å². The molecule has 2 N–H and O–H groups in total. The van der Waals surface area contributed by atoms with Crippen molar-refractivity contribution in [3.63, 3.8) is 0 Å². The number of aromatic nitrogens is 1. The monoisotopic (exact) mass is 525 g/mol. The van der Waals surface area contributed by atoms with Gasteiger partial charge in [0.15, 0.2) is 5.96 Å². The molecule has 0 radical (unpaired) electrons. The number of rotatable bonds is 5. The van der Waals surface area contributed by atoms with Crippen molar-refractivity contribution >= 4 is 46.7 Å². The standard InChI is InChI=1S/C22H31N5O2.HI/c1-23-22(24-10-4-6-17-16-25-19-8-3-2-7-18(17)19)27-13-11-26(12-14-27)21(28)20-9-5-15-29-20;/h2-3,7-8,16,20,25H,4-6,9-15H2,1H3,(H,23,24);1H. The van der Waals surface area contributed by atoms with Gasteiger partial charge in [0.05, 0.1) is 0 Å². The maximum Gasteiger partial charge on any atom is 0.251 e. The predicted molar refractivity (Wildman–Crippen MR) is 131 cm³/mol. The maximum atomic E-state index is 12.5. The number of amides is 1. The molecule has 7 nitrogen and oxygen atoms in total. The summed E-state index contributed by atoms with van der Waals surface area (Å²) in [5.41, 5.74) is 2.56. The van der Waals surface area contributed by atoms with Crippen LogP contribution in [-0.4, -0.2) is 79.1 Å². The Morgan fingerprint density at radius 2 is 2.00 bits per heavy atom. The number of piperazine rings is 1. The van der Waals surface area contributed by atoms with Crippen LogP contribution in [0.5, 0.6) is 0 Å². The Hall–Kier alpha value is -1.81. The van der Waals surface area contributed by atoms with Crippen LogP contribution in [0.2, 0.25) is 0 Å². The first-order valence-corrected chi connectivity index (χ1v) is 10.7. The van der Waals surface area contributed by atoms with E-state index in [0.29, 0.717) is 6.61 Å². The summed E-state index contributed by atoms with van der Waals surface area (Å²) in [5.74, 6) is 1.08. The zero-order valence-electron chi connectivity index (χ0n) is 17.6. The molecule has 0 aliphatic carbocycles. The molecule has 164 valence electrons. The fraction of sp³-hybridized carbons (Fsp3) is 0.545. The molecule has 0 spiro atoms.